The summed E-state index contributed by atoms with van der Waals surface area (Å²) in [6.07, 6.45) is 1.97. The molecule has 0 aliphatic carbocycles. The van der Waals surface area contributed by atoms with Crippen LogP contribution in [0.25, 0.3) is 0 Å². The highest BCUT2D eigenvalue weighted by molar-refractivity contribution is 5.79. The summed E-state index contributed by atoms with van der Waals surface area (Å²) >= 11 is 0. The fraction of sp³-hybridized carbons (Fsp3) is 0.692. The number of nitrogens with zero attached hydrogens (tertiary/aromatic N) is 3. The van der Waals surface area contributed by atoms with Crippen LogP contribution in [-0.4, -0.2) is 35.8 Å². The first-order valence-electron chi connectivity index (χ1n) is 6.77. The molecule has 6 nitrogen and oxygen atoms in total. The Morgan fingerprint density at radius 2 is 2.32 bits per heavy atom. The van der Waals surface area contributed by atoms with E-state index in [1.807, 2.05) is 18.7 Å². The number of nitrogens with one attached hydrogen (secondary N) is 1. The van der Waals surface area contributed by atoms with Crippen LogP contribution < -0.4 is 16.0 Å². The second-order valence-corrected chi connectivity index (χ2v) is 5.11. The van der Waals surface area contributed by atoms with Crippen LogP contribution in [0, 0.1) is 12.8 Å². The minimum Gasteiger partial charge on any atom is -0.359 e. The molecule has 1 fully saturated rings. The van der Waals surface area contributed by atoms with Crippen molar-refractivity contribution in [3.8, 4) is 0 Å². The lowest BCUT2D eigenvalue weighted by atomic mass is 9.97. The topological polar surface area (TPSA) is 76.2 Å². The average Bonchev–Trinajstić information content (AvgIpc) is 2.71. The zero-order valence-electron chi connectivity index (χ0n) is 11.9. The molecule has 2 heterocycles. The standard InChI is InChI=1S/C13H23N5O/c1-9-11(7-14)13(17(3)16-9)18-6-4-5-10(8-18)12(19)15-2/h10H,4-8,14H2,1-3H3,(H,15,19). The van der Waals surface area contributed by atoms with Crippen molar-refractivity contribution in [1.82, 2.24) is 15.1 Å². The fourth-order valence-electron chi connectivity index (χ4n) is 2.91. The van der Waals surface area contributed by atoms with E-state index < -0.39 is 0 Å². The molecule has 1 aromatic rings. The molecule has 0 aromatic carbocycles. The number of nitrogens with two attached hydrogens (primary N) is 1. The Morgan fingerprint density at radius 1 is 1.58 bits per heavy atom. The van der Waals surface area contributed by atoms with Crippen molar-refractivity contribution in [3.63, 3.8) is 0 Å². The first-order chi connectivity index (χ1) is 9.08. The summed E-state index contributed by atoms with van der Waals surface area (Å²) in [4.78, 5) is 14.0. The third-order valence-electron chi connectivity index (χ3n) is 3.86. The molecule has 1 saturated heterocycles. The highest BCUT2D eigenvalue weighted by Gasteiger charge is 2.28. The van der Waals surface area contributed by atoms with E-state index in [2.05, 4.69) is 15.3 Å². The lowest BCUT2D eigenvalue weighted by Gasteiger charge is -2.33. The molecule has 3 N–H and O–H groups in total. The number of hydrogen-bond donors (Lipinski definition) is 2. The Kier molecular flexibility index (Phi) is 4.09. The van der Waals surface area contributed by atoms with Gasteiger partial charge in [-0.25, -0.2) is 0 Å². The summed E-state index contributed by atoms with van der Waals surface area (Å²) < 4.78 is 1.88. The predicted octanol–water partition coefficient (Wildman–Crippen LogP) is 0.150. The second-order valence-electron chi connectivity index (χ2n) is 5.11. The van der Waals surface area contributed by atoms with Gasteiger partial charge in [0.1, 0.15) is 5.82 Å². The van der Waals surface area contributed by atoms with Crippen molar-refractivity contribution in [3.05, 3.63) is 11.3 Å². The maximum atomic E-state index is 11.8. The summed E-state index contributed by atoms with van der Waals surface area (Å²) in [7, 11) is 3.63. The van der Waals surface area contributed by atoms with Gasteiger partial charge in [-0.1, -0.05) is 0 Å². The number of aryl methyl sites for hydroxylation is 2. The van der Waals surface area contributed by atoms with Gasteiger partial charge in [0, 0.05) is 39.3 Å². The summed E-state index contributed by atoms with van der Waals surface area (Å²) in [6, 6.07) is 0. The van der Waals surface area contributed by atoms with Gasteiger partial charge in [0.2, 0.25) is 5.91 Å². The van der Waals surface area contributed by atoms with E-state index in [-0.39, 0.29) is 11.8 Å². The highest BCUT2D eigenvalue weighted by Crippen LogP contribution is 2.27. The van der Waals surface area contributed by atoms with Gasteiger partial charge in [-0.05, 0) is 19.8 Å². The van der Waals surface area contributed by atoms with E-state index in [0.29, 0.717) is 6.54 Å². The summed E-state index contributed by atoms with van der Waals surface area (Å²) in [5.74, 6) is 1.24. The Morgan fingerprint density at radius 3 is 2.95 bits per heavy atom. The van der Waals surface area contributed by atoms with E-state index in [9.17, 15) is 4.79 Å². The lowest BCUT2D eigenvalue weighted by Crippen LogP contribution is -2.43. The van der Waals surface area contributed by atoms with Gasteiger partial charge in [-0.3, -0.25) is 9.48 Å². The first-order valence-corrected chi connectivity index (χ1v) is 6.77. The van der Waals surface area contributed by atoms with Crippen LogP contribution >= 0.6 is 0 Å². The van der Waals surface area contributed by atoms with Crippen molar-refractivity contribution in [2.24, 2.45) is 18.7 Å². The SMILES string of the molecule is CNC(=O)C1CCCN(c2c(CN)c(C)nn2C)C1. The average molecular weight is 265 g/mol. The zero-order valence-corrected chi connectivity index (χ0v) is 11.9. The predicted molar refractivity (Wildman–Crippen MR) is 74.8 cm³/mol. The van der Waals surface area contributed by atoms with Crippen molar-refractivity contribution in [2.45, 2.75) is 26.3 Å². The molecule has 0 bridgehead atoms. The monoisotopic (exact) mass is 265 g/mol. The van der Waals surface area contributed by atoms with Gasteiger partial charge in [-0.15, -0.1) is 0 Å². The minimum absolute atomic E-state index is 0.0552. The van der Waals surface area contributed by atoms with Crippen LogP contribution in [-0.2, 0) is 18.4 Å². The van der Waals surface area contributed by atoms with E-state index in [4.69, 9.17) is 5.73 Å². The van der Waals surface area contributed by atoms with Crippen molar-refractivity contribution in [2.75, 3.05) is 25.0 Å². The second kappa shape index (κ2) is 5.61. The van der Waals surface area contributed by atoms with E-state index >= 15 is 0 Å². The molecule has 1 aliphatic rings. The molecule has 19 heavy (non-hydrogen) atoms. The molecule has 1 aromatic heterocycles. The van der Waals surface area contributed by atoms with Crippen LogP contribution in [0.1, 0.15) is 24.1 Å². The lowest BCUT2D eigenvalue weighted by molar-refractivity contribution is -0.124. The molecule has 0 spiro atoms. The van der Waals surface area contributed by atoms with Crippen LogP contribution in [0.15, 0.2) is 0 Å². The van der Waals surface area contributed by atoms with Crippen LogP contribution in [0.5, 0.6) is 0 Å². The summed E-state index contributed by atoms with van der Waals surface area (Å²) in [6.45, 7) is 4.16. The Bertz CT molecular complexity index is 468. The molecule has 1 unspecified atom stereocenters. The van der Waals surface area contributed by atoms with Gasteiger partial charge < -0.3 is 16.0 Å². The third kappa shape index (κ3) is 2.58. The van der Waals surface area contributed by atoms with E-state index in [1.165, 1.54) is 0 Å². The Labute approximate surface area is 113 Å². The Balaban J connectivity index is 2.24. The molecule has 0 radical (unpaired) electrons. The van der Waals surface area contributed by atoms with E-state index in [0.717, 1.165) is 43.0 Å². The number of hydrogen-bond acceptors (Lipinski definition) is 4. The van der Waals surface area contributed by atoms with Gasteiger partial charge in [0.15, 0.2) is 0 Å². The number of aromatic nitrogens is 2. The van der Waals surface area contributed by atoms with Crippen LogP contribution in [0.2, 0.25) is 0 Å². The normalized spacial score (nSPS) is 19.6. The van der Waals surface area contributed by atoms with Gasteiger partial charge in [-0.2, -0.15) is 5.10 Å². The van der Waals surface area contributed by atoms with Gasteiger partial charge in [0.25, 0.3) is 0 Å². The molecule has 1 aliphatic heterocycles. The molecular weight excluding hydrogens is 242 g/mol. The van der Waals surface area contributed by atoms with Crippen molar-refractivity contribution < 1.29 is 4.79 Å². The molecule has 6 heteroatoms. The largest absolute Gasteiger partial charge is 0.359 e. The highest BCUT2D eigenvalue weighted by atomic mass is 16.1. The minimum atomic E-state index is 0.0552. The van der Waals surface area contributed by atoms with Crippen molar-refractivity contribution >= 4 is 11.7 Å². The first kappa shape index (κ1) is 13.9. The van der Waals surface area contributed by atoms with E-state index in [1.54, 1.807) is 7.05 Å². The maximum absolute atomic E-state index is 11.8. The molecule has 1 atom stereocenters. The molecule has 106 valence electrons. The summed E-state index contributed by atoms with van der Waals surface area (Å²) in [5.41, 5.74) is 7.89. The number of anilines is 1. The summed E-state index contributed by atoms with van der Waals surface area (Å²) in [5, 5.41) is 7.18. The molecule has 1 amide bonds. The molecule has 2 rings (SSSR count). The zero-order chi connectivity index (χ0) is 14.0. The fourth-order valence-corrected chi connectivity index (χ4v) is 2.91. The van der Waals surface area contributed by atoms with Gasteiger partial charge >= 0.3 is 0 Å². The number of rotatable bonds is 3. The number of carbonyl (C=O) groups is 1. The van der Waals surface area contributed by atoms with Crippen molar-refractivity contribution in [1.29, 1.82) is 0 Å². The van der Waals surface area contributed by atoms with Crippen LogP contribution in [0.4, 0.5) is 5.82 Å². The number of amides is 1. The number of piperidine rings is 1. The quantitative estimate of drug-likeness (QED) is 0.815. The Hall–Kier alpha value is -1.56. The smallest absolute Gasteiger partial charge is 0.224 e. The van der Waals surface area contributed by atoms with Crippen LogP contribution in [0.3, 0.4) is 0 Å². The third-order valence-corrected chi connectivity index (χ3v) is 3.86. The van der Waals surface area contributed by atoms with Gasteiger partial charge in [0.05, 0.1) is 11.6 Å². The molecule has 0 saturated carbocycles. The maximum Gasteiger partial charge on any atom is 0.224 e. The molecular formula is C13H23N5O. The number of carbonyl (C=O) groups excluding carboxylic acids is 1.